The quantitative estimate of drug-likeness (QED) is 0.763. The van der Waals surface area contributed by atoms with Gasteiger partial charge in [-0.05, 0) is 74.3 Å². The van der Waals surface area contributed by atoms with Crippen molar-refractivity contribution in [2.45, 2.75) is 57.1 Å². The van der Waals surface area contributed by atoms with Crippen molar-refractivity contribution in [3.05, 3.63) is 41.6 Å². The SMILES string of the molecule is O=C(c1ccc2c(c1)CCO2)N(CC1CC1)c1ccnc(NC2CCC(O)CC2)n1. The molecule has 7 nitrogen and oxygen atoms in total. The van der Waals surface area contributed by atoms with Gasteiger partial charge in [0.15, 0.2) is 0 Å². The molecule has 2 fully saturated rings. The Kier molecular flexibility index (Phi) is 5.29. The van der Waals surface area contributed by atoms with Crippen molar-refractivity contribution in [2.24, 2.45) is 5.92 Å². The summed E-state index contributed by atoms with van der Waals surface area (Å²) in [5.74, 6) is 2.58. The number of hydrogen-bond donors (Lipinski definition) is 2. The molecular weight excluding hydrogens is 380 g/mol. The molecule has 0 radical (unpaired) electrons. The van der Waals surface area contributed by atoms with Crippen molar-refractivity contribution in [1.82, 2.24) is 9.97 Å². The van der Waals surface area contributed by atoms with Gasteiger partial charge in [0.1, 0.15) is 11.6 Å². The molecule has 0 spiro atoms. The smallest absolute Gasteiger partial charge is 0.259 e. The van der Waals surface area contributed by atoms with Crippen LogP contribution < -0.4 is 15.0 Å². The summed E-state index contributed by atoms with van der Waals surface area (Å²) in [5, 5.41) is 13.1. The summed E-state index contributed by atoms with van der Waals surface area (Å²) in [4.78, 5) is 24.3. The third-order valence-electron chi connectivity index (χ3n) is 6.27. The number of benzene rings is 1. The molecule has 1 aromatic carbocycles. The maximum atomic E-state index is 13.4. The van der Waals surface area contributed by atoms with E-state index >= 15 is 0 Å². The van der Waals surface area contributed by atoms with Crippen LogP contribution in [0.4, 0.5) is 11.8 Å². The molecule has 2 aromatic rings. The Morgan fingerprint density at radius 3 is 2.80 bits per heavy atom. The van der Waals surface area contributed by atoms with E-state index in [1.165, 1.54) is 0 Å². The number of hydrogen-bond acceptors (Lipinski definition) is 6. The number of nitrogens with one attached hydrogen (secondary N) is 1. The van der Waals surface area contributed by atoms with Crippen LogP contribution in [0.2, 0.25) is 0 Å². The summed E-state index contributed by atoms with van der Waals surface area (Å²) in [6.07, 6.45) is 8.07. The molecule has 2 aliphatic carbocycles. The predicted molar refractivity (Wildman–Crippen MR) is 114 cm³/mol. The Hall–Kier alpha value is -2.67. The van der Waals surface area contributed by atoms with Crippen molar-refractivity contribution in [3.8, 4) is 5.75 Å². The first-order chi connectivity index (χ1) is 14.7. The second-order valence-electron chi connectivity index (χ2n) is 8.67. The number of amides is 1. The standard InChI is InChI=1S/C23H28N4O3/c28-19-6-4-18(5-7-19)25-23-24-11-9-21(26-23)27(14-15-1-2-15)22(29)17-3-8-20-16(13-17)10-12-30-20/h3,8-9,11,13,15,18-19,28H,1-2,4-7,10,12,14H2,(H,24,25,26). The Morgan fingerprint density at radius 1 is 1.17 bits per heavy atom. The molecule has 2 heterocycles. The number of ether oxygens (including phenoxy) is 1. The molecular formula is C23H28N4O3. The van der Waals surface area contributed by atoms with Crippen LogP contribution in [0.1, 0.15) is 54.4 Å². The van der Waals surface area contributed by atoms with E-state index < -0.39 is 0 Å². The zero-order valence-corrected chi connectivity index (χ0v) is 17.1. The van der Waals surface area contributed by atoms with Gasteiger partial charge in [0.25, 0.3) is 5.91 Å². The highest BCUT2D eigenvalue weighted by atomic mass is 16.5. The minimum Gasteiger partial charge on any atom is -0.493 e. The summed E-state index contributed by atoms with van der Waals surface area (Å²) in [7, 11) is 0. The van der Waals surface area contributed by atoms with Crippen LogP contribution in [0, 0.1) is 5.92 Å². The number of anilines is 2. The van der Waals surface area contributed by atoms with Gasteiger partial charge in [-0.1, -0.05) is 0 Å². The Labute approximate surface area is 176 Å². The lowest BCUT2D eigenvalue weighted by atomic mass is 9.93. The maximum Gasteiger partial charge on any atom is 0.259 e. The van der Waals surface area contributed by atoms with E-state index in [0.29, 0.717) is 36.4 Å². The summed E-state index contributed by atoms with van der Waals surface area (Å²) in [6.45, 7) is 1.36. The molecule has 2 N–H and O–H groups in total. The van der Waals surface area contributed by atoms with Crippen LogP contribution in [0.15, 0.2) is 30.5 Å². The normalized spacial score (nSPS) is 22.8. The van der Waals surface area contributed by atoms with Crippen LogP contribution in [0.25, 0.3) is 0 Å². The molecule has 5 rings (SSSR count). The molecule has 2 saturated carbocycles. The van der Waals surface area contributed by atoms with Gasteiger partial charge in [0.2, 0.25) is 5.95 Å². The highest BCUT2D eigenvalue weighted by Gasteiger charge is 2.30. The molecule has 0 atom stereocenters. The number of carbonyl (C=O) groups excluding carboxylic acids is 1. The Balaban J connectivity index is 1.36. The molecule has 1 aliphatic heterocycles. The van der Waals surface area contributed by atoms with E-state index in [1.54, 1.807) is 11.1 Å². The van der Waals surface area contributed by atoms with Crippen molar-refractivity contribution >= 4 is 17.7 Å². The molecule has 1 aromatic heterocycles. The molecule has 158 valence electrons. The van der Waals surface area contributed by atoms with Gasteiger partial charge in [0.05, 0.1) is 12.7 Å². The number of aliphatic hydroxyl groups excluding tert-OH is 1. The molecule has 0 bridgehead atoms. The van der Waals surface area contributed by atoms with Gasteiger partial charge in [-0.15, -0.1) is 0 Å². The maximum absolute atomic E-state index is 13.4. The molecule has 3 aliphatic rings. The fraction of sp³-hybridized carbons (Fsp3) is 0.522. The van der Waals surface area contributed by atoms with E-state index in [1.807, 2.05) is 24.3 Å². The van der Waals surface area contributed by atoms with Crippen LogP contribution >= 0.6 is 0 Å². The van der Waals surface area contributed by atoms with Gasteiger partial charge < -0.3 is 15.2 Å². The summed E-state index contributed by atoms with van der Waals surface area (Å²) < 4.78 is 5.58. The third kappa shape index (κ3) is 4.26. The molecule has 7 heteroatoms. The highest BCUT2D eigenvalue weighted by molar-refractivity contribution is 6.06. The number of carbonyl (C=O) groups is 1. The second kappa shape index (κ2) is 8.22. The summed E-state index contributed by atoms with van der Waals surface area (Å²) in [5.41, 5.74) is 1.77. The molecule has 1 amide bonds. The Morgan fingerprint density at radius 2 is 2.00 bits per heavy atom. The summed E-state index contributed by atoms with van der Waals surface area (Å²) in [6, 6.07) is 7.77. The van der Waals surface area contributed by atoms with Gasteiger partial charge in [-0.2, -0.15) is 4.98 Å². The topological polar surface area (TPSA) is 87.6 Å². The minimum absolute atomic E-state index is 0.0259. The number of rotatable bonds is 6. The number of aromatic nitrogens is 2. The zero-order valence-electron chi connectivity index (χ0n) is 17.1. The first-order valence-corrected chi connectivity index (χ1v) is 11.0. The summed E-state index contributed by atoms with van der Waals surface area (Å²) >= 11 is 0. The van der Waals surface area contributed by atoms with Crippen molar-refractivity contribution < 1.29 is 14.6 Å². The molecule has 30 heavy (non-hydrogen) atoms. The zero-order chi connectivity index (χ0) is 20.5. The lowest BCUT2D eigenvalue weighted by Gasteiger charge is -2.27. The van der Waals surface area contributed by atoms with Crippen molar-refractivity contribution in [3.63, 3.8) is 0 Å². The lowest BCUT2D eigenvalue weighted by Crippen LogP contribution is -2.34. The van der Waals surface area contributed by atoms with E-state index in [2.05, 4.69) is 15.3 Å². The fourth-order valence-electron chi connectivity index (χ4n) is 4.29. The van der Waals surface area contributed by atoms with Crippen LogP contribution in [-0.4, -0.2) is 46.3 Å². The van der Waals surface area contributed by atoms with Gasteiger partial charge in [-0.3, -0.25) is 9.69 Å². The second-order valence-corrected chi connectivity index (χ2v) is 8.67. The number of nitrogens with zero attached hydrogens (tertiary/aromatic N) is 3. The van der Waals surface area contributed by atoms with Crippen molar-refractivity contribution in [1.29, 1.82) is 0 Å². The Bertz CT molecular complexity index is 922. The van der Waals surface area contributed by atoms with Gasteiger partial charge in [0, 0.05) is 30.8 Å². The first kappa shape index (κ1) is 19.3. The van der Waals surface area contributed by atoms with Gasteiger partial charge >= 0.3 is 0 Å². The van der Waals surface area contributed by atoms with E-state index in [9.17, 15) is 9.90 Å². The largest absolute Gasteiger partial charge is 0.493 e. The van der Waals surface area contributed by atoms with Crippen LogP contribution in [0.3, 0.4) is 0 Å². The number of aliphatic hydroxyl groups is 1. The minimum atomic E-state index is -0.195. The van der Waals surface area contributed by atoms with Crippen LogP contribution in [-0.2, 0) is 6.42 Å². The third-order valence-corrected chi connectivity index (χ3v) is 6.27. The van der Waals surface area contributed by atoms with Crippen LogP contribution in [0.5, 0.6) is 5.75 Å². The van der Waals surface area contributed by atoms with E-state index in [-0.39, 0.29) is 18.1 Å². The van der Waals surface area contributed by atoms with E-state index in [4.69, 9.17) is 4.74 Å². The first-order valence-electron chi connectivity index (χ1n) is 11.0. The average molecular weight is 409 g/mol. The number of fused-ring (bicyclic) bond motifs is 1. The average Bonchev–Trinajstić information content (AvgIpc) is 3.47. The highest BCUT2D eigenvalue weighted by Crippen LogP contribution is 2.33. The lowest BCUT2D eigenvalue weighted by molar-refractivity contribution is 0.0984. The fourth-order valence-corrected chi connectivity index (χ4v) is 4.29. The van der Waals surface area contributed by atoms with E-state index in [0.717, 1.165) is 56.3 Å². The molecule has 0 saturated heterocycles. The predicted octanol–water partition coefficient (Wildman–Crippen LogP) is 3.18. The molecule has 0 unspecified atom stereocenters. The monoisotopic (exact) mass is 408 g/mol. The van der Waals surface area contributed by atoms with Crippen molar-refractivity contribution in [2.75, 3.05) is 23.4 Å². The van der Waals surface area contributed by atoms with Gasteiger partial charge in [-0.25, -0.2) is 4.98 Å².